The Kier molecular flexibility index (Phi) is 9.47. The molecule has 3 unspecified atom stereocenters. The third-order valence-corrected chi connectivity index (χ3v) is 6.55. The van der Waals surface area contributed by atoms with E-state index in [9.17, 15) is 38.6 Å². The SMILES string of the molecule is CCN(C[P+](=O)O)c1cc(C)c(O)c(Cc2cc(N(C[P+](=O)O)C[P+](=O)O)ccc2O)c1. The molecule has 13 heteroatoms. The fourth-order valence-corrected chi connectivity index (χ4v) is 5.20. The summed E-state index contributed by atoms with van der Waals surface area (Å²) in [7, 11) is -7.61. The van der Waals surface area contributed by atoms with E-state index in [0.29, 0.717) is 34.6 Å². The van der Waals surface area contributed by atoms with Gasteiger partial charge < -0.3 is 15.1 Å². The molecule has 172 valence electrons. The summed E-state index contributed by atoms with van der Waals surface area (Å²) in [6.07, 6.45) is -0.686. The predicted molar refractivity (Wildman–Crippen MR) is 123 cm³/mol. The van der Waals surface area contributed by atoms with Crippen LogP contribution >= 0.6 is 24.1 Å². The van der Waals surface area contributed by atoms with Crippen LogP contribution in [-0.2, 0) is 20.1 Å². The van der Waals surface area contributed by atoms with Gasteiger partial charge in [-0.05, 0) is 63.4 Å². The van der Waals surface area contributed by atoms with Gasteiger partial charge in [0.15, 0.2) is 0 Å². The lowest BCUT2D eigenvalue weighted by atomic mass is 9.99. The predicted octanol–water partition coefficient (Wildman–Crippen LogP) is 3.71. The number of phenols is 2. The van der Waals surface area contributed by atoms with Gasteiger partial charge in [0.2, 0.25) is 0 Å². The van der Waals surface area contributed by atoms with Crippen molar-refractivity contribution in [2.45, 2.75) is 20.3 Å². The molecule has 0 bridgehead atoms. The third-order valence-electron chi connectivity index (χ3n) is 4.80. The van der Waals surface area contributed by atoms with Crippen molar-refractivity contribution in [2.24, 2.45) is 0 Å². The molecule has 0 aliphatic rings. The van der Waals surface area contributed by atoms with E-state index in [1.807, 2.05) is 6.92 Å². The standard InChI is InChI=1S/C19H23N2O8P3/c1-3-20(10-30(24)25)17-6-13(2)19(23)15(9-17)7-14-8-16(4-5-18(14)22)21(11-31(26)27)12-32(28)29/h4-6,8-9H,3,7,10-12H2,1-2H3,(H2-3,22,23,24,25,26,27,28,29)/p+3. The molecule has 0 heterocycles. The van der Waals surface area contributed by atoms with Gasteiger partial charge in [-0.1, -0.05) is 0 Å². The van der Waals surface area contributed by atoms with Crippen molar-refractivity contribution in [1.29, 1.82) is 0 Å². The Bertz CT molecular complexity index is 1020. The van der Waals surface area contributed by atoms with E-state index in [0.717, 1.165) is 0 Å². The first-order chi connectivity index (χ1) is 15.0. The molecule has 5 N–H and O–H groups in total. The van der Waals surface area contributed by atoms with Gasteiger partial charge in [0, 0.05) is 35.5 Å². The van der Waals surface area contributed by atoms with Crippen LogP contribution in [0.4, 0.5) is 11.4 Å². The van der Waals surface area contributed by atoms with Gasteiger partial charge in [-0.3, -0.25) is 4.90 Å². The summed E-state index contributed by atoms with van der Waals surface area (Å²) in [6, 6.07) is 7.74. The summed E-state index contributed by atoms with van der Waals surface area (Å²) in [5.41, 5.74) is 2.41. The van der Waals surface area contributed by atoms with Crippen LogP contribution in [0.1, 0.15) is 23.6 Å². The van der Waals surface area contributed by atoms with Gasteiger partial charge in [-0.15, -0.1) is 0 Å². The molecule has 3 atom stereocenters. The van der Waals surface area contributed by atoms with E-state index in [4.69, 9.17) is 0 Å². The summed E-state index contributed by atoms with van der Waals surface area (Å²) in [6.45, 7) is 4.00. The Morgan fingerprint density at radius 2 is 1.31 bits per heavy atom. The number of aromatic hydroxyl groups is 2. The van der Waals surface area contributed by atoms with Crippen LogP contribution in [0.3, 0.4) is 0 Å². The highest BCUT2D eigenvalue weighted by Crippen LogP contribution is 2.36. The lowest BCUT2D eigenvalue weighted by molar-refractivity contribution is 0.460. The Balaban J connectivity index is 2.45. The number of nitrogens with zero attached hydrogens (tertiary/aromatic N) is 2. The second-order valence-electron chi connectivity index (χ2n) is 7.14. The minimum absolute atomic E-state index is 0.0109. The van der Waals surface area contributed by atoms with Crippen molar-refractivity contribution < 1.29 is 38.6 Å². The molecular formula is C19H26N2O8P3+3. The fourth-order valence-electron chi connectivity index (χ4n) is 3.28. The smallest absolute Gasteiger partial charge is 0.508 e. The van der Waals surface area contributed by atoms with Crippen molar-refractivity contribution in [1.82, 2.24) is 0 Å². The molecule has 2 aromatic carbocycles. The van der Waals surface area contributed by atoms with Crippen LogP contribution in [-0.4, -0.2) is 50.3 Å². The van der Waals surface area contributed by atoms with Crippen molar-refractivity contribution in [2.75, 3.05) is 35.2 Å². The topological polar surface area (TPSA) is 159 Å². The average molecular weight is 503 g/mol. The molecule has 0 aliphatic heterocycles. The molecule has 0 amide bonds. The lowest BCUT2D eigenvalue weighted by Crippen LogP contribution is -2.22. The van der Waals surface area contributed by atoms with Crippen molar-refractivity contribution in [3.05, 3.63) is 47.0 Å². The molecule has 0 aromatic heterocycles. The van der Waals surface area contributed by atoms with Gasteiger partial charge in [-0.2, -0.15) is 14.7 Å². The molecule has 0 saturated heterocycles. The summed E-state index contributed by atoms with van der Waals surface area (Å²) in [4.78, 5) is 30.8. The monoisotopic (exact) mass is 503 g/mol. The van der Waals surface area contributed by atoms with Crippen LogP contribution in [0.5, 0.6) is 11.5 Å². The average Bonchev–Trinajstić information content (AvgIpc) is 2.69. The molecule has 0 fully saturated rings. The van der Waals surface area contributed by atoms with Gasteiger partial charge >= 0.3 is 24.1 Å². The molecule has 0 spiro atoms. The maximum absolute atomic E-state index is 11.3. The first-order valence-corrected chi connectivity index (χ1v) is 13.8. The Morgan fingerprint density at radius 3 is 1.84 bits per heavy atom. The van der Waals surface area contributed by atoms with Crippen molar-refractivity contribution in [3.8, 4) is 11.5 Å². The zero-order valence-electron chi connectivity index (χ0n) is 17.6. The van der Waals surface area contributed by atoms with Crippen molar-refractivity contribution in [3.63, 3.8) is 0 Å². The highest BCUT2D eigenvalue weighted by atomic mass is 31.1. The zero-order chi connectivity index (χ0) is 24.0. The van der Waals surface area contributed by atoms with Crippen LogP contribution in [0.2, 0.25) is 0 Å². The van der Waals surface area contributed by atoms with E-state index in [1.165, 1.54) is 23.1 Å². The molecule has 10 nitrogen and oxygen atoms in total. The van der Waals surface area contributed by atoms with E-state index < -0.39 is 24.1 Å². The van der Waals surface area contributed by atoms with E-state index in [2.05, 4.69) is 0 Å². The van der Waals surface area contributed by atoms with E-state index >= 15 is 0 Å². The summed E-state index contributed by atoms with van der Waals surface area (Å²) < 4.78 is 33.9. The second kappa shape index (κ2) is 11.6. The van der Waals surface area contributed by atoms with E-state index in [1.54, 1.807) is 24.0 Å². The number of benzene rings is 2. The summed E-state index contributed by atoms with van der Waals surface area (Å²) in [5.74, 6) is -0.0690. The molecule has 0 aliphatic carbocycles. The Hall–Kier alpha value is -2.18. The highest BCUT2D eigenvalue weighted by Gasteiger charge is 2.27. The maximum Gasteiger partial charge on any atom is 0.527 e. The molecule has 32 heavy (non-hydrogen) atoms. The number of anilines is 2. The Labute approximate surface area is 188 Å². The molecule has 0 radical (unpaired) electrons. The maximum atomic E-state index is 11.3. The first kappa shape index (κ1) is 26.1. The molecule has 0 saturated carbocycles. The molecule has 2 aromatic rings. The zero-order valence-corrected chi connectivity index (χ0v) is 20.3. The minimum atomic E-state index is -2.61. The highest BCUT2D eigenvalue weighted by molar-refractivity contribution is 7.39. The normalized spacial score (nSPS) is 12.3. The number of rotatable bonds is 11. The fraction of sp³-hybridized carbons (Fsp3) is 0.368. The summed E-state index contributed by atoms with van der Waals surface area (Å²) in [5, 5.41) is 20.9. The van der Waals surface area contributed by atoms with Crippen LogP contribution < -0.4 is 9.80 Å². The van der Waals surface area contributed by atoms with Gasteiger partial charge in [0.25, 0.3) is 18.9 Å². The Morgan fingerprint density at radius 1 is 0.781 bits per heavy atom. The van der Waals surface area contributed by atoms with Crippen LogP contribution in [0.15, 0.2) is 30.3 Å². The largest absolute Gasteiger partial charge is 0.527 e. The summed E-state index contributed by atoms with van der Waals surface area (Å²) >= 11 is 0. The van der Waals surface area contributed by atoms with Gasteiger partial charge in [0.05, 0.1) is 0 Å². The number of hydrogen-bond donors (Lipinski definition) is 5. The first-order valence-electron chi connectivity index (χ1n) is 9.56. The minimum Gasteiger partial charge on any atom is -0.508 e. The molecule has 2 rings (SSSR count). The van der Waals surface area contributed by atoms with Gasteiger partial charge in [-0.25, -0.2) is 0 Å². The second-order valence-corrected chi connectivity index (χ2v) is 10.1. The van der Waals surface area contributed by atoms with E-state index in [-0.39, 0.29) is 36.8 Å². The number of hydrogen-bond acceptors (Lipinski definition) is 7. The van der Waals surface area contributed by atoms with Crippen LogP contribution in [0, 0.1) is 6.92 Å². The quantitative estimate of drug-likeness (QED) is 0.286. The number of aryl methyl sites for hydroxylation is 1. The lowest BCUT2D eigenvalue weighted by Gasteiger charge is -2.20. The molecular weight excluding hydrogens is 477 g/mol. The van der Waals surface area contributed by atoms with Gasteiger partial charge in [0.1, 0.15) is 11.5 Å². The third kappa shape index (κ3) is 7.17. The van der Waals surface area contributed by atoms with Crippen molar-refractivity contribution >= 4 is 35.5 Å². The van der Waals surface area contributed by atoms with Crippen LogP contribution in [0.25, 0.3) is 0 Å². The number of phenolic OH excluding ortho intramolecular Hbond substituents is 2.